The van der Waals surface area contributed by atoms with E-state index in [2.05, 4.69) is 19.9 Å². The van der Waals surface area contributed by atoms with Gasteiger partial charge in [-0.15, -0.1) is 0 Å². The van der Waals surface area contributed by atoms with E-state index in [-0.39, 0.29) is 24.2 Å². The molecule has 0 fully saturated rings. The van der Waals surface area contributed by atoms with Crippen molar-refractivity contribution in [2.45, 2.75) is 19.2 Å². The van der Waals surface area contributed by atoms with Gasteiger partial charge in [0.25, 0.3) is 0 Å². The Bertz CT molecular complexity index is 959. The number of nitrogens with one attached hydrogen (secondary N) is 1. The van der Waals surface area contributed by atoms with Gasteiger partial charge in [0.2, 0.25) is 5.82 Å². The standard InChI is InChI=1S/C17H16F3N5O2/c1-2-25(7-10-8-26-11-5-3-4-6-12(11)27-10)15-13-14(22-9-21-13)23-16(24-15)17(18,19)20/h3-6,9-10H,2,7-8H2,1H3,(H,21,22,23,24). The van der Waals surface area contributed by atoms with Gasteiger partial charge in [-0.1, -0.05) is 12.1 Å². The minimum Gasteiger partial charge on any atom is -0.486 e. The third-order valence-electron chi connectivity index (χ3n) is 4.19. The molecule has 1 unspecified atom stereocenters. The molecule has 0 aliphatic carbocycles. The quantitative estimate of drug-likeness (QED) is 0.751. The summed E-state index contributed by atoms with van der Waals surface area (Å²) in [6, 6.07) is 7.26. The predicted octanol–water partition coefficient (Wildman–Crippen LogP) is 3.04. The van der Waals surface area contributed by atoms with Crippen molar-refractivity contribution in [2.75, 3.05) is 24.6 Å². The molecule has 0 radical (unpaired) electrons. The third-order valence-corrected chi connectivity index (χ3v) is 4.19. The molecular formula is C17H16F3N5O2. The molecule has 0 saturated heterocycles. The minimum atomic E-state index is -4.66. The van der Waals surface area contributed by atoms with Crippen LogP contribution >= 0.6 is 0 Å². The fourth-order valence-corrected chi connectivity index (χ4v) is 2.94. The van der Waals surface area contributed by atoms with Crippen molar-refractivity contribution in [3.8, 4) is 11.5 Å². The Balaban J connectivity index is 1.64. The molecule has 1 aromatic carbocycles. The Morgan fingerprint density at radius 3 is 2.74 bits per heavy atom. The van der Waals surface area contributed by atoms with Gasteiger partial charge in [0.15, 0.2) is 29.1 Å². The molecule has 1 N–H and O–H groups in total. The number of imidazole rings is 1. The second-order valence-corrected chi connectivity index (χ2v) is 6.01. The number of para-hydroxylation sites is 2. The molecule has 1 aliphatic heterocycles. The third kappa shape index (κ3) is 3.34. The average molecular weight is 379 g/mol. The van der Waals surface area contributed by atoms with Gasteiger partial charge in [-0.3, -0.25) is 0 Å². The van der Waals surface area contributed by atoms with Gasteiger partial charge in [-0.2, -0.15) is 13.2 Å². The van der Waals surface area contributed by atoms with Crippen LogP contribution in [0.5, 0.6) is 11.5 Å². The Labute approximate surface area is 152 Å². The number of alkyl halides is 3. The predicted molar refractivity (Wildman–Crippen MR) is 90.9 cm³/mol. The lowest BCUT2D eigenvalue weighted by molar-refractivity contribution is -0.144. The number of hydrogen-bond acceptors (Lipinski definition) is 6. The number of aromatic nitrogens is 4. The van der Waals surface area contributed by atoms with Crippen LogP contribution in [0.1, 0.15) is 12.7 Å². The lowest BCUT2D eigenvalue weighted by atomic mass is 10.2. The Morgan fingerprint density at radius 2 is 2.00 bits per heavy atom. The molecule has 7 nitrogen and oxygen atoms in total. The summed E-state index contributed by atoms with van der Waals surface area (Å²) in [4.78, 5) is 15.6. The lowest BCUT2D eigenvalue weighted by Gasteiger charge is -2.31. The van der Waals surface area contributed by atoms with Gasteiger partial charge in [0.1, 0.15) is 12.1 Å². The van der Waals surface area contributed by atoms with Gasteiger partial charge in [-0.25, -0.2) is 15.0 Å². The zero-order valence-electron chi connectivity index (χ0n) is 14.3. The van der Waals surface area contributed by atoms with Crippen LogP contribution in [-0.4, -0.2) is 45.7 Å². The number of nitrogens with zero attached hydrogens (tertiary/aromatic N) is 4. The normalized spacial score (nSPS) is 16.5. The average Bonchev–Trinajstić information content (AvgIpc) is 3.13. The van der Waals surface area contributed by atoms with Crippen LogP contribution < -0.4 is 14.4 Å². The Hall–Kier alpha value is -3.04. The number of anilines is 1. The van der Waals surface area contributed by atoms with Gasteiger partial charge < -0.3 is 19.4 Å². The summed E-state index contributed by atoms with van der Waals surface area (Å²) in [6.45, 7) is 2.84. The van der Waals surface area contributed by atoms with Crippen molar-refractivity contribution in [2.24, 2.45) is 0 Å². The van der Waals surface area contributed by atoms with Crippen molar-refractivity contribution in [3.63, 3.8) is 0 Å². The van der Waals surface area contributed by atoms with Crippen LogP contribution in [0.4, 0.5) is 19.0 Å². The summed E-state index contributed by atoms with van der Waals surface area (Å²) in [5.41, 5.74) is 0.318. The highest BCUT2D eigenvalue weighted by Crippen LogP contribution is 2.33. The van der Waals surface area contributed by atoms with Crippen molar-refractivity contribution in [1.29, 1.82) is 0 Å². The maximum Gasteiger partial charge on any atom is 0.451 e. The molecule has 0 bridgehead atoms. The molecule has 0 spiro atoms. The smallest absolute Gasteiger partial charge is 0.451 e. The molecule has 27 heavy (non-hydrogen) atoms. The minimum absolute atomic E-state index is 0.0306. The number of halogens is 3. The first kappa shape index (κ1) is 17.4. The fourth-order valence-electron chi connectivity index (χ4n) is 2.94. The molecule has 4 rings (SSSR count). The second-order valence-electron chi connectivity index (χ2n) is 6.01. The molecule has 0 amide bonds. The molecule has 10 heteroatoms. The van der Waals surface area contributed by atoms with E-state index >= 15 is 0 Å². The molecular weight excluding hydrogens is 363 g/mol. The molecule has 0 saturated carbocycles. The van der Waals surface area contributed by atoms with Gasteiger partial charge in [0.05, 0.1) is 12.9 Å². The zero-order valence-corrected chi connectivity index (χ0v) is 14.3. The number of benzene rings is 1. The summed E-state index contributed by atoms with van der Waals surface area (Å²) in [6.07, 6.45) is -3.72. The SMILES string of the molecule is CCN(CC1COc2ccccc2O1)c1nc(C(F)(F)F)nc2nc[nH]c12. The second kappa shape index (κ2) is 6.60. The first-order chi connectivity index (χ1) is 13.0. The molecule has 2 aromatic heterocycles. The number of likely N-dealkylation sites (N-methyl/N-ethyl adjacent to an activating group) is 1. The van der Waals surface area contributed by atoms with E-state index in [1.165, 1.54) is 6.33 Å². The number of hydrogen-bond donors (Lipinski definition) is 1. The summed E-state index contributed by atoms with van der Waals surface area (Å²) >= 11 is 0. The van der Waals surface area contributed by atoms with Crippen LogP contribution in [0.2, 0.25) is 0 Å². The molecule has 1 aliphatic rings. The van der Waals surface area contributed by atoms with E-state index < -0.39 is 12.0 Å². The van der Waals surface area contributed by atoms with E-state index in [4.69, 9.17) is 9.47 Å². The van der Waals surface area contributed by atoms with Gasteiger partial charge in [0, 0.05) is 6.54 Å². The van der Waals surface area contributed by atoms with Crippen LogP contribution in [0, 0.1) is 0 Å². The first-order valence-corrected chi connectivity index (χ1v) is 8.37. The number of fused-ring (bicyclic) bond motifs is 2. The van der Waals surface area contributed by atoms with Gasteiger partial charge in [-0.05, 0) is 19.1 Å². The maximum atomic E-state index is 13.2. The molecule has 3 aromatic rings. The highest BCUT2D eigenvalue weighted by molar-refractivity contribution is 5.83. The fraction of sp³-hybridized carbons (Fsp3) is 0.353. The summed E-state index contributed by atoms with van der Waals surface area (Å²) in [7, 11) is 0. The largest absolute Gasteiger partial charge is 0.486 e. The topological polar surface area (TPSA) is 76.2 Å². The van der Waals surface area contributed by atoms with Crippen molar-refractivity contribution in [3.05, 3.63) is 36.4 Å². The molecule has 3 heterocycles. The first-order valence-electron chi connectivity index (χ1n) is 8.37. The van der Waals surface area contributed by atoms with Crippen molar-refractivity contribution in [1.82, 2.24) is 19.9 Å². The zero-order chi connectivity index (χ0) is 19.0. The van der Waals surface area contributed by atoms with E-state index in [0.717, 1.165) is 0 Å². The number of H-pyrrole nitrogens is 1. The van der Waals surface area contributed by atoms with Crippen molar-refractivity contribution >= 4 is 17.0 Å². The maximum absolute atomic E-state index is 13.2. The van der Waals surface area contributed by atoms with Crippen LogP contribution in [0.25, 0.3) is 11.2 Å². The molecule has 142 valence electrons. The van der Waals surface area contributed by atoms with E-state index in [1.54, 1.807) is 17.0 Å². The summed E-state index contributed by atoms with van der Waals surface area (Å²) in [5.74, 6) is 0.167. The highest BCUT2D eigenvalue weighted by atomic mass is 19.4. The lowest BCUT2D eigenvalue weighted by Crippen LogP contribution is -2.41. The van der Waals surface area contributed by atoms with E-state index in [0.29, 0.717) is 30.1 Å². The van der Waals surface area contributed by atoms with Gasteiger partial charge >= 0.3 is 6.18 Å². The monoisotopic (exact) mass is 379 g/mol. The number of rotatable bonds is 4. The van der Waals surface area contributed by atoms with Crippen LogP contribution in [0.3, 0.4) is 0 Å². The number of ether oxygens (including phenoxy) is 2. The summed E-state index contributed by atoms with van der Waals surface area (Å²) in [5, 5.41) is 0. The van der Waals surface area contributed by atoms with Crippen LogP contribution in [0.15, 0.2) is 30.6 Å². The van der Waals surface area contributed by atoms with E-state index in [1.807, 2.05) is 19.1 Å². The number of aromatic amines is 1. The highest BCUT2D eigenvalue weighted by Gasteiger charge is 2.37. The van der Waals surface area contributed by atoms with Crippen LogP contribution in [-0.2, 0) is 6.18 Å². The summed E-state index contributed by atoms with van der Waals surface area (Å²) < 4.78 is 51.1. The Morgan fingerprint density at radius 1 is 1.22 bits per heavy atom. The Kier molecular flexibility index (Phi) is 4.25. The van der Waals surface area contributed by atoms with Crippen molar-refractivity contribution < 1.29 is 22.6 Å². The molecule has 1 atom stereocenters. The van der Waals surface area contributed by atoms with E-state index in [9.17, 15) is 13.2 Å².